The number of nitrogens with zero attached hydrogens (tertiary/aromatic N) is 5. The Morgan fingerprint density at radius 3 is 2.73 bits per heavy atom. The number of imidazole rings is 1. The summed E-state index contributed by atoms with van der Waals surface area (Å²) in [7, 11) is 0. The van der Waals surface area contributed by atoms with Crippen molar-refractivity contribution in [1.29, 1.82) is 0 Å². The maximum absolute atomic E-state index is 13.3. The van der Waals surface area contributed by atoms with Gasteiger partial charge in [0.15, 0.2) is 0 Å². The van der Waals surface area contributed by atoms with Crippen molar-refractivity contribution in [3.05, 3.63) is 72.4 Å². The first-order valence-corrected chi connectivity index (χ1v) is 11.6. The van der Waals surface area contributed by atoms with E-state index in [1.165, 1.54) is 0 Å². The van der Waals surface area contributed by atoms with Gasteiger partial charge in [0.05, 0.1) is 24.9 Å². The Bertz CT molecular complexity index is 1050. The summed E-state index contributed by atoms with van der Waals surface area (Å²) in [5, 5.41) is 0. The van der Waals surface area contributed by atoms with Crippen molar-refractivity contribution in [2.75, 3.05) is 46.0 Å². The van der Waals surface area contributed by atoms with Crippen molar-refractivity contribution < 1.29 is 14.3 Å². The second-order valence-corrected chi connectivity index (χ2v) is 8.37. The van der Waals surface area contributed by atoms with Crippen LogP contribution >= 0.6 is 0 Å². The molecule has 33 heavy (non-hydrogen) atoms. The van der Waals surface area contributed by atoms with Crippen LogP contribution in [0.4, 0.5) is 0 Å². The maximum atomic E-state index is 13.3. The summed E-state index contributed by atoms with van der Waals surface area (Å²) in [6.45, 7) is 5.72. The lowest BCUT2D eigenvalue weighted by Gasteiger charge is -2.26. The number of carbonyl (C=O) groups is 1. The quantitative estimate of drug-likeness (QED) is 0.555. The number of hydrogen-bond acceptors (Lipinski definition) is 6. The first-order valence-electron chi connectivity index (χ1n) is 11.6. The van der Waals surface area contributed by atoms with E-state index in [4.69, 9.17) is 14.5 Å². The molecule has 1 atom stereocenters. The number of aromatic nitrogens is 3. The summed E-state index contributed by atoms with van der Waals surface area (Å²) in [4.78, 5) is 26.5. The Morgan fingerprint density at radius 1 is 1.09 bits per heavy atom. The highest BCUT2D eigenvalue weighted by atomic mass is 16.5. The van der Waals surface area contributed by atoms with E-state index in [1.54, 1.807) is 12.5 Å². The molecule has 1 amide bonds. The van der Waals surface area contributed by atoms with Crippen molar-refractivity contribution in [2.24, 2.45) is 0 Å². The van der Waals surface area contributed by atoms with E-state index in [0.29, 0.717) is 12.2 Å². The Morgan fingerprint density at radius 2 is 1.94 bits per heavy atom. The average molecular weight is 448 g/mol. The molecule has 5 rings (SSSR count). The van der Waals surface area contributed by atoms with Gasteiger partial charge in [0, 0.05) is 44.1 Å². The second-order valence-electron chi connectivity index (χ2n) is 8.37. The van der Waals surface area contributed by atoms with Crippen molar-refractivity contribution >= 4 is 5.91 Å². The summed E-state index contributed by atoms with van der Waals surface area (Å²) >= 11 is 0. The van der Waals surface area contributed by atoms with Crippen molar-refractivity contribution in [2.45, 2.75) is 18.9 Å². The normalized spacial score (nSPS) is 19.0. The molecular weight excluding hydrogens is 418 g/mol. The Balaban J connectivity index is 1.22. The number of ether oxygens (including phenoxy) is 2. The highest BCUT2D eigenvalue weighted by molar-refractivity contribution is 5.94. The van der Waals surface area contributed by atoms with Gasteiger partial charge in [-0.1, -0.05) is 6.07 Å². The molecule has 1 aromatic carbocycles. The smallest absolute Gasteiger partial charge is 0.254 e. The van der Waals surface area contributed by atoms with Crippen LogP contribution in [0.25, 0.3) is 5.82 Å². The van der Waals surface area contributed by atoms with E-state index < -0.39 is 0 Å². The molecule has 2 fully saturated rings. The third-order valence-electron chi connectivity index (χ3n) is 6.26. The van der Waals surface area contributed by atoms with Crippen LogP contribution in [-0.2, 0) is 4.74 Å². The van der Waals surface area contributed by atoms with Crippen LogP contribution in [0.3, 0.4) is 0 Å². The molecule has 0 N–H and O–H groups in total. The zero-order valence-corrected chi connectivity index (χ0v) is 18.7. The second kappa shape index (κ2) is 10.1. The molecule has 2 aliphatic heterocycles. The topological polar surface area (TPSA) is 72.7 Å². The van der Waals surface area contributed by atoms with Crippen LogP contribution in [0.1, 0.15) is 34.9 Å². The Labute approximate surface area is 193 Å². The molecule has 0 bridgehead atoms. The number of pyridine rings is 1. The molecule has 172 valence electrons. The highest BCUT2D eigenvalue weighted by Crippen LogP contribution is 2.32. The van der Waals surface area contributed by atoms with E-state index in [2.05, 4.69) is 9.88 Å². The molecule has 0 spiro atoms. The van der Waals surface area contributed by atoms with E-state index in [0.717, 1.165) is 69.5 Å². The average Bonchev–Trinajstić information content (AvgIpc) is 3.58. The minimum absolute atomic E-state index is 0.0228. The molecule has 3 aromatic rings. The molecule has 2 aliphatic rings. The largest absolute Gasteiger partial charge is 0.492 e. The Hall–Kier alpha value is -3.23. The van der Waals surface area contributed by atoms with Gasteiger partial charge in [-0.25, -0.2) is 9.97 Å². The van der Waals surface area contributed by atoms with Crippen molar-refractivity contribution in [1.82, 2.24) is 24.3 Å². The van der Waals surface area contributed by atoms with E-state index >= 15 is 0 Å². The van der Waals surface area contributed by atoms with Gasteiger partial charge in [-0.2, -0.15) is 0 Å². The lowest BCUT2D eigenvalue weighted by Crippen LogP contribution is -2.38. The standard InChI is InChI=1S/C25H29N5O3/c31-25(20-6-8-21(9-7-20)33-18-15-28-13-16-32-17-14-28)30-11-2-4-23(30)22-3-1-5-24(27-22)29-12-10-26-19-29/h1,3,5-10,12,19,23H,2,4,11,13-18H2/t23-/m1/s1. The first kappa shape index (κ1) is 21.6. The maximum Gasteiger partial charge on any atom is 0.254 e. The van der Waals surface area contributed by atoms with Gasteiger partial charge < -0.3 is 14.4 Å². The van der Waals surface area contributed by atoms with Gasteiger partial charge in [0.2, 0.25) is 0 Å². The number of likely N-dealkylation sites (tertiary alicyclic amines) is 1. The highest BCUT2D eigenvalue weighted by Gasteiger charge is 2.31. The van der Waals surface area contributed by atoms with Crippen LogP contribution < -0.4 is 4.74 Å². The molecule has 0 unspecified atom stereocenters. The number of hydrogen-bond donors (Lipinski definition) is 0. The molecule has 2 aromatic heterocycles. The van der Waals surface area contributed by atoms with Gasteiger partial charge in [-0.05, 0) is 49.2 Å². The molecular formula is C25H29N5O3. The number of amides is 1. The van der Waals surface area contributed by atoms with E-state index in [-0.39, 0.29) is 11.9 Å². The zero-order chi connectivity index (χ0) is 22.5. The monoisotopic (exact) mass is 447 g/mol. The van der Waals surface area contributed by atoms with Crippen LogP contribution in [0.2, 0.25) is 0 Å². The lowest BCUT2D eigenvalue weighted by molar-refractivity contribution is 0.0322. The fraction of sp³-hybridized carbons (Fsp3) is 0.400. The SMILES string of the molecule is O=C(c1ccc(OCCN2CCOCC2)cc1)N1CCC[C@@H]1c1cccc(-n2ccnc2)n1. The lowest BCUT2D eigenvalue weighted by atomic mass is 10.1. The molecule has 4 heterocycles. The van der Waals surface area contributed by atoms with Crippen LogP contribution in [0.5, 0.6) is 5.75 Å². The van der Waals surface area contributed by atoms with Gasteiger partial charge in [0.1, 0.15) is 24.5 Å². The predicted molar refractivity (Wildman–Crippen MR) is 124 cm³/mol. The first-order chi connectivity index (χ1) is 16.3. The van der Waals surface area contributed by atoms with Crippen LogP contribution in [-0.4, -0.2) is 76.2 Å². The fourth-order valence-corrected chi connectivity index (χ4v) is 4.46. The summed E-state index contributed by atoms with van der Waals surface area (Å²) in [6.07, 6.45) is 7.21. The van der Waals surface area contributed by atoms with Gasteiger partial charge in [-0.3, -0.25) is 14.3 Å². The molecule has 2 saturated heterocycles. The van der Waals surface area contributed by atoms with Crippen LogP contribution in [0, 0.1) is 0 Å². The Kier molecular flexibility index (Phi) is 6.64. The van der Waals surface area contributed by atoms with Crippen molar-refractivity contribution in [3.8, 4) is 11.6 Å². The van der Waals surface area contributed by atoms with Crippen molar-refractivity contribution in [3.63, 3.8) is 0 Å². The van der Waals surface area contributed by atoms with E-state index in [9.17, 15) is 4.79 Å². The number of benzene rings is 1. The predicted octanol–water partition coefficient (Wildman–Crippen LogP) is 2.96. The third-order valence-corrected chi connectivity index (χ3v) is 6.26. The molecule has 8 heteroatoms. The van der Waals surface area contributed by atoms with Gasteiger partial charge >= 0.3 is 0 Å². The van der Waals surface area contributed by atoms with Gasteiger partial charge in [0.25, 0.3) is 5.91 Å². The minimum atomic E-state index is -0.0228. The number of carbonyl (C=O) groups excluding carboxylic acids is 1. The molecule has 0 radical (unpaired) electrons. The molecule has 8 nitrogen and oxygen atoms in total. The summed E-state index contributed by atoms with van der Waals surface area (Å²) in [6, 6.07) is 13.4. The van der Waals surface area contributed by atoms with Crippen LogP contribution in [0.15, 0.2) is 61.2 Å². The zero-order valence-electron chi connectivity index (χ0n) is 18.7. The molecule has 0 aliphatic carbocycles. The third kappa shape index (κ3) is 5.07. The van der Waals surface area contributed by atoms with E-state index in [1.807, 2.05) is 58.1 Å². The molecule has 0 saturated carbocycles. The van der Waals surface area contributed by atoms with Gasteiger partial charge in [-0.15, -0.1) is 0 Å². The summed E-state index contributed by atoms with van der Waals surface area (Å²) in [5.74, 6) is 1.63. The number of rotatable bonds is 7. The number of morpholine rings is 1. The minimum Gasteiger partial charge on any atom is -0.492 e. The fourth-order valence-electron chi connectivity index (χ4n) is 4.46. The summed E-state index contributed by atoms with van der Waals surface area (Å²) < 4.78 is 13.1. The summed E-state index contributed by atoms with van der Waals surface area (Å²) in [5.41, 5.74) is 1.59.